The Hall–Kier alpha value is -2.62. The number of nitrogens with one attached hydrogen (secondary N) is 1. The molecule has 1 N–H and O–H groups in total. The maximum atomic E-state index is 11.9. The fraction of sp³-hybridized carbons (Fsp3) is 0.333. The molecule has 4 heteroatoms. The second kappa shape index (κ2) is 7.51. The summed E-state index contributed by atoms with van der Waals surface area (Å²) in [5, 5.41) is 2.98. The van der Waals surface area contributed by atoms with Gasteiger partial charge in [0.1, 0.15) is 5.82 Å². The maximum Gasteiger partial charge on any atom is 0.224 e. The van der Waals surface area contributed by atoms with Gasteiger partial charge in [0.25, 0.3) is 0 Å². The van der Waals surface area contributed by atoms with E-state index in [4.69, 9.17) is 4.98 Å². The first-order valence-corrected chi connectivity index (χ1v) is 8.82. The quantitative estimate of drug-likeness (QED) is 0.728. The zero-order valence-electron chi connectivity index (χ0n) is 15.1. The monoisotopic (exact) mass is 335 g/mol. The molecule has 130 valence electrons. The van der Waals surface area contributed by atoms with E-state index in [-0.39, 0.29) is 5.91 Å². The Labute approximate surface area is 148 Å². The van der Waals surface area contributed by atoms with E-state index in [1.807, 2.05) is 44.2 Å². The lowest BCUT2D eigenvalue weighted by Crippen LogP contribution is -2.13. The number of hydrogen-bond acceptors (Lipinski definition) is 2. The molecule has 2 aromatic carbocycles. The van der Waals surface area contributed by atoms with Crippen LogP contribution in [0.4, 0.5) is 5.69 Å². The second-order valence-electron chi connectivity index (χ2n) is 6.92. The molecule has 0 bridgehead atoms. The third-order valence-corrected chi connectivity index (χ3v) is 4.32. The van der Waals surface area contributed by atoms with Crippen LogP contribution >= 0.6 is 0 Å². The van der Waals surface area contributed by atoms with E-state index in [1.165, 1.54) is 5.56 Å². The summed E-state index contributed by atoms with van der Waals surface area (Å²) in [5.74, 6) is 1.51. The number of rotatable bonds is 6. The number of amides is 1. The number of carbonyl (C=O) groups is 1. The zero-order chi connectivity index (χ0) is 17.8. The lowest BCUT2D eigenvalue weighted by Gasteiger charge is -2.09. The Bertz CT molecular complexity index is 880. The van der Waals surface area contributed by atoms with Crippen molar-refractivity contribution in [1.82, 2.24) is 9.55 Å². The average molecular weight is 335 g/mol. The van der Waals surface area contributed by atoms with Crippen LogP contribution in [0.25, 0.3) is 11.0 Å². The molecule has 0 unspecified atom stereocenters. The van der Waals surface area contributed by atoms with Crippen molar-refractivity contribution < 1.29 is 4.79 Å². The third-order valence-electron chi connectivity index (χ3n) is 4.32. The number of anilines is 1. The molecule has 0 saturated heterocycles. The van der Waals surface area contributed by atoms with Crippen LogP contribution in [0.5, 0.6) is 0 Å². The summed E-state index contributed by atoms with van der Waals surface area (Å²) < 4.78 is 2.16. The summed E-state index contributed by atoms with van der Waals surface area (Å²) in [6.07, 6.45) is 2.31. The lowest BCUT2D eigenvalue weighted by atomic mass is 10.1. The Balaban J connectivity index is 1.67. The minimum atomic E-state index is 0.0718. The number of aromatic nitrogens is 2. The summed E-state index contributed by atoms with van der Waals surface area (Å²) in [6.45, 7) is 4.10. The Morgan fingerprint density at radius 2 is 1.92 bits per heavy atom. The number of para-hydroxylation sites is 2. The van der Waals surface area contributed by atoms with Crippen molar-refractivity contribution in [3.8, 4) is 0 Å². The number of fused-ring (bicyclic) bond motifs is 1. The fourth-order valence-corrected chi connectivity index (χ4v) is 3.06. The number of aryl methyl sites for hydroxylation is 3. The number of hydrogen-bond donors (Lipinski definition) is 1. The van der Waals surface area contributed by atoms with Gasteiger partial charge in [-0.15, -0.1) is 0 Å². The molecule has 25 heavy (non-hydrogen) atoms. The number of carbonyl (C=O) groups excluding carboxylic acids is 1. The summed E-state index contributed by atoms with van der Waals surface area (Å²) in [4.78, 5) is 16.7. The smallest absolute Gasteiger partial charge is 0.224 e. The van der Waals surface area contributed by atoms with Crippen LogP contribution in [0.15, 0.2) is 48.5 Å². The number of imidazole rings is 1. The highest BCUT2D eigenvalue weighted by atomic mass is 16.1. The molecular formula is C21H25N3O. The lowest BCUT2D eigenvalue weighted by molar-refractivity contribution is -0.116. The largest absolute Gasteiger partial charge is 0.331 e. The predicted molar refractivity (Wildman–Crippen MR) is 103 cm³/mol. The van der Waals surface area contributed by atoms with E-state index in [0.717, 1.165) is 35.4 Å². The molecule has 0 fully saturated rings. The van der Waals surface area contributed by atoms with E-state index in [9.17, 15) is 4.79 Å². The molecule has 0 aliphatic carbocycles. The highest BCUT2D eigenvalue weighted by Crippen LogP contribution is 2.17. The third kappa shape index (κ3) is 4.27. The standard InChI is InChI=1S/C21H25N3O/c1-15(2)13-21(25)22-17-8-6-7-16(14-17)11-12-20-23-18-9-4-5-10-19(18)24(20)3/h4-10,14-15H,11-13H2,1-3H3,(H,22,25). The van der Waals surface area contributed by atoms with Gasteiger partial charge in [-0.2, -0.15) is 0 Å². The number of nitrogens with zero attached hydrogens (tertiary/aromatic N) is 2. The highest BCUT2D eigenvalue weighted by Gasteiger charge is 2.08. The van der Waals surface area contributed by atoms with Crippen LogP contribution in [0, 0.1) is 5.92 Å². The summed E-state index contributed by atoms with van der Waals surface area (Å²) in [7, 11) is 2.06. The summed E-state index contributed by atoms with van der Waals surface area (Å²) in [5.41, 5.74) is 4.27. The molecular weight excluding hydrogens is 310 g/mol. The van der Waals surface area contributed by atoms with Crippen LogP contribution in [0.2, 0.25) is 0 Å². The molecule has 3 aromatic rings. The Kier molecular flexibility index (Phi) is 5.17. The van der Waals surface area contributed by atoms with Crippen molar-refractivity contribution in [2.45, 2.75) is 33.1 Å². The van der Waals surface area contributed by atoms with E-state index in [0.29, 0.717) is 12.3 Å². The second-order valence-corrected chi connectivity index (χ2v) is 6.92. The average Bonchev–Trinajstić information content (AvgIpc) is 2.89. The maximum absolute atomic E-state index is 11.9. The van der Waals surface area contributed by atoms with Crippen molar-refractivity contribution in [3.05, 3.63) is 59.9 Å². The van der Waals surface area contributed by atoms with Crippen LogP contribution in [0.3, 0.4) is 0 Å². The van der Waals surface area contributed by atoms with E-state index in [2.05, 4.69) is 35.1 Å². The predicted octanol–water partition coefficient (Wildman–Crippen LogP) is 4.34. The molecule has 0 radical (unpaired) electrons. The molecule has 0 aliphatic heterocycles. The van der Waals surface area contributed by atoms with Gasteiger partial charge in [0.05, 0.1) is 11.0 Å². The number of benzene rings is 2. The van der Waals surface area contributed by atoms with Gasteiger partial charge in [0.2, 0.25) is 5.91 Å². The SMILES string of the molecule is CC(C)CC(=O)Nc1cccc(CCc2nc3ccccc3n2C)c1. The Morgan fingerprint density at radius 1 is 1.12 bits per heavy atom. The van der Waals surface area contributed by atoms with Gasteiger partial charge in [0.15, 0.2) is 0 Å². The van der Waals surface area contributed by atoms with Gasteiger partial charge >= 0.3 is 0 Å². The van der Waals surface area contributed by atoms with Crippen molar-refractivity contribution in [3.63, 3.8) is 0 Å². The minimum Gasteiger partial charge on any atom is -0.331 e. The first kappa shape index (κ1) is 17.2. The highest BCUT2D eigenvalue weighted by molar-refractivity contribution is 5.90. The van der Waals surface area contributed by atoms with E-state index < -0.39 is 0 Å². The van der Waals surface area contributed by atoms with Gasteiger partial charge in [-0.1, -0.05) is 38.1 Å². The van der Waals surface area contributed by atoms with E-state index >= 15 is 0 Å². The van der Waals surface area contributed by atoms with Gasteiger partial charge in [0, 0.05) is 25.6 Å². The molecule has 4 nitrogen and oxygen atoms in total. The van der Waals surface area contributed by atoms with Crippen molar-refractivity contribution in [2.75, 3.05) is 5.32 Å². The van der Waals surface area contributed by atoms with Crippen molar-refractivity contribution >= 4 is 22.6 Å². The van der Waals surface area contributed by atoms with Crippen molar-refractivity contribution in [1.29, 1.82) is 0 Å². The van der Waals surface area contributed by atoms with Crippen LogP contribution < -0.4 is 5.32 Å². The Morgan fingerprint density at radius 3 is 2.68 bits per heavy atom. The van der Waals surface area contributed by atoms with E-state index in [1.54, 1.807) is 0 Å². The zero-order valence-corrected chi connectivity index (χ0v) is 15.1. The minimum absolute atomic E-state index is 0.0718. The van der Waals surface area contributed by atoms with Crippen LogP contribution in [-0.2, 0) is 24.7 Å². The first-order valence-electron chi connectivity index (χ1n) is 8.82. The molecule has 1 heterocycles. The van der Waals surface area contributed by atoms with Crippen LogP contribution in [0.1, 0.15) is 31.7 Å². The molecule has 0 saturated carbocycles. The van der Waals surface area contributed by atoms with Gasteiger partial charge in [-0.05, 0) is 42.2 Å². The van der Waals surface area contributed by atoms with Gasteiger partial charge in [-0.3, -0.25) is 4.79 Å². The van der Waals surface area contributed by atoms with Gasteiger partial charge in [-0.25, -0.2) is 4.98 Å². The molecule has 3 rings (SSSR count). The molecule has 0 aliphatic rings. The normalized spacial score (nSPS) is 11.2. The summed E-state index contributed by atoms with van der Waals surface area (Å²) >= 11 is 0. The molecule has 0 atom stereocenters. The fourth-order valence-electron chi connectivity index (χ4n) is 3.06. The van der Waals surface area contributed by atoms with Crippen LogP contribution in [-0.4, -0.2) is 15.5 Å². The molecule has 1 aromatic heterocycles. The topological polar surface area (TPSA) is 46.9 Å². The van der Waals surface area contributed by atoms with Gasteiger partial charge < -0.3 is 9.88 Å². The molecule has 0 spiro atoms. The first-order chi connectivity index (χ1) is 12.0. The molecule has 1 amide bonds. The summed E-state index contributed by atoms with van der Waals surface area (Å²) in [6, 6.07) is 16.3. The van der Waals surface area contributed by atoms with Crippen molar-refractivity contribution in [2.24, 2.45) is 13.0 Å².